The van der Waals surface area contributed by atoms with E-state index >= 15 is 0 Å². The van der Waals surface area contributed by atoms with Crippen molar-refractivity contribution in [2.45, 2.75) is 11.4 Å². The second-order valence-electron chi connectivity index (χ2n) is 4.03. The van der Waals surface area contributed by atoms with Crippen LogP contribution in [0.4, 0.5) is 0 Å². The highest BCUT2D eigenvalue weighted by atomic mass is 32.2. The maximum atomic E-state index is 12.3. The lowest BCUT2D eigenvalue weighted by molar-refractivity contribution is 0.439. The van der Waals surface area contributed by atoms with Crippen molar-refractivity contribution < 1.29 is 12.6 Å². The average Bonchev–Trinajstić information content (AvgIpc) is 2.79. The van der Waals surface area contributed by atoms with E-state index in [0.717, 1.165) is 4.88 Å². The first-order valence-corrected chi connectivity index (χ1v) is 9.42. The molecule has 2 rings (SSSR count). The second-order valence-corrected chi connectivity index (χ2v) is 8.66. The third kappa shape index (κ3) is 3.00. The number of sulfonamides is 1. The van der Waals surface area contributed by atoms with E-state index in [1.807, 2.05) is 7.05 Å². The molecule has 5 nitrogen and oxygen atoms in total. The Hall–Kier alpha value is -0.280. The minimum Gasteiger partial charge on any atom is -0.315 e. The Labute approximate surface area is 114 Å². The second kappa shape index (κ2) is 5.79. The van der Waals surface area contributed by atoms with Crippen molar-refractivity contribution in [3.05, 3.63) is 16.3 Å². The summed E-state index contributed by atoms with van der Waals surface area (Å²) in [6, 6.07) is 1.71. The molecule has 0 spiro atoms. The van der Waals surface area contributed by atoms with E-state index in [2.05, 4.69) is 5.32 Å². The Bertz CT molecular complexity index is 528. The zero-order valence-electron chi connectivity index (χ0n) is 10.1. The highest BCUT2D eigenvalue weighted by Crippen LogP contribution is 2.23. The third-order valence-electron chi connectivity index (χ3n) is 2.76. The van der Waals surface area contributed by atoms with Gasteiger partial charge in [-0.2, -0.15) is 4.31 Å². The van der Waals surface area contributed by atoms with Crippen molar-refractivity contribution >= 4 is 32.2 Å². The van der Waals surface area contributed by atoms with E-state index in [1.54, 1.807) is 11.4 Å². The molecule has 0 saturated carbocycles. The standard InChI is InChI=1S/C10H16N2O3S3/c1-11-7-9-6-10(8-16-9)18(14,15)12-2-4-17(13)5-3-12/h6,8,11H,2-5,7H2,1H3. The third-order valence-corrected chi connectivity index (χ3v) is 6.99. The number of thiophene rings is 1. The maximum Gasteiger partial charge on any atom is 0.243 e. The summed E-state index contributed by atoms with van der Waals surface area (Å²) in [7, 11) is -2.44. The smallest absolute Gasteiger partial charge is 0.243 e. The number of nitrogens with zero attached hydrogens (tertiary/aromatic N) is 1. The van der Waals surface area contributed by atoms with Crippen molar-refractivity contribution in [1.82, 2.24) is 9.62 Å². The highest BCUT2D eigenvalue weighted by molar-refractivity contribution is 7.89. The van der Waals surface area contributed by atoms with Gasteiger partial charge >= 0.3 is 0 Å². The van der Waals surface area contributed by atoms with Gasteiger partial charge in [0, 0.05) is 52.2 Å². The van der Waals surface area contributed by atoms with Crippen molar-refractivity contribution in [1.29, 1.82) is 0 Å². The van der Waals surface area contributed by atoms with Gasteiger partial charge in [0.2, 0.25) is 10.0 Å². The monoisotopic (exact) mass is 308 g/mol. The molecular weight excluding hydrogens is 292 g/mol. The summed E-state index contributed by atoms with van der Waals surface area (Å²) in [4.78, 5) is 1.35. The summed E-state index contributed by atoms with van der Waals surface area (Å²) in [5, 5.41) is 4.67. The first-order chi connectivity index (χ1) is 8.54. The van der Waals surface area contributed by atoms with Crippen LogP contribution < -0.4 is 5.32 Å². The first kappa shape index (κ1) is 14.1. The summed E-state index contributed by atoms with van der Waals surface area (Å²) in [6.07, 6.45) is 0. The summed E-state index contributed by atoms with van der Waals surface area (Å²) in [6.45, 7) is 1.38. The highest BCUT2D eigenvalue weighted by Gasteiger charge is 2.28. The summed E-state index contributed by atoms with van der Waals surface area (Å²) in [5.41, 5.74) is 0. The van der Waals surface area contributed by atoms with Gasteiger partial charge in [-0.15, -0.1) is 11.3 Å². The fraction of sp³-hybridized carbons (Fsp3) is 0.600. The van der Waals surface area contributed by atoms with E-state index in [4.69, 9.17) is 0 Å². The minimum absolute atomic E-state index is 0.352. The van der Waals surface area contributed by atoms with Crippen molar-refractivity contribution in [3.63, 3.8) is 0 Å². The van der Waals surface area contributed by atoms with Crippen LogP contribution in [-0.2, 0) is 27.4 Å². The van der Waals surface area contributed by atoms with Gasteiger partial charge in [0.05, 0.1) is 4.90 Å². The molecular formula is C10H16N2O3S3. The Kier molecular flexibility index (Phi) is 4.54. The molecule has 8 heteroatoms. The average molecular weight is 308 g/mol. The fourth-order valence-corrected chi connectivity index (χ4v) is 5.77. The fourth-order valence-electron chi connectivity index (χ4n) is 1.77. The molecule has 0 unspecified atom stereocenters. The maximum absolute atomic E-state index is 12.3. The van der Waals surface area contributed by atoms with Crippen molar-refractivity contribution in [2.75, 3.05) is 31.6 Å². The molecule has 0 aromatic carbocycles. The molecule has 18 heavy (non-hydrogen) atoms. The Morgan fingerprint density at radius 1 is 1.44 bits per heavy atom. The van der Waals surface area contributed by atoms with Crippen molar-refractivity contribution in [2.24, 2.45) is 0 Å². The van der Waals surface area contributed by atoms with Crippen LogP contribution in [0, 0.1) is 0 Å². The predicted molar refractivity (Wildman–Crippen MR) is 73.7 cm³/mol. The van der Waals surface area contributed by atoms with Gasteiger partial charge in [-0.25, -0.2) is 8.42 Å². The van der Waals surface area contributed by atoms with E-state index in [-0.39, 0.29) is 0 Å². The Balaban J connectivity index is 2.16. The van der Waals surface area contributed by atoms with Gasteiger partial charge < -0.3 is 5.32 Å². The van der Waals surface area contributed by atoms with Gasteiger partial charge in [0.15, 0.2) is 0 Å². The van der Waals surface area contributed by atoms with Gasteiger partial charge in [-0.3, -0.25) is 4.21 Å². The predicted octanol–water partition coefficient (Wildman–Crippen LogP) is 0.221. The molecule has 0 atom stereocenters. The lowest BCUT2D eigenvalue weighted by Crippen LogP contribution is -2.41. The number of hydrogen-bond acceptors (Lipinski definition) is 5. The molecule has 1 aromatic heterocycles. The Morgan fingerprint density at radius 3 is 2.72 bits per heavy atom. The van der Waals surface area contributed by atoms with Gasteiger partial charge in [0.25, 0.3) is 0 Å². The normalized spacial score (nSPS) is 19.2. The molecule has 1 aliphatic heterocycles. The van der Waals surface area contributed by atoms with Crippen LogP contribution in [0.25, 0.3) is 0 Å². The van der Waals surface area contributed by atoms with E-state index in [0.29, 0.717) is 36.0 Å². The zero-order chi connectivity index (χ0) is 13.2. The number of nitrogens with one attached hydrogen (secondary N) is 1. The summed E-state index contributed by atoms with van der Waals surface area (Å²) in [5.74, 6) is 0.874. The van der Waals surface area contributed by atoms with Gasteiger partial charge in [-0.1, -0.05) is 0 Å². The molecule has 1 N–H and O–H groups in total. The van der Waals surface area contributed by atoms with E-state index in [1.165, 1.54) is 15.6 Å². The molecule has 1 aromatic rings. The molecule has 1 fully saturated rings. The van der Waals surface area contributed by atoms with Crippen molar-refractivity contribution in [3.8, 4) is 0 Å². The van der Waals surface area contributed by atoms with Crippen LogP contribution in [0.15, 0.2) is 16.3 Å². The van der Waals surface area contributed by atoms with E-state index < -0.39 is 20.8 Å². The number of rotatable bonds is 4. The molecule has 102 valence electrons. The van der Waals surface area contributed by atoms with E-state index in [9.17, 15) is 12.6 Å². The molecule has 0 aliphatic carbocycles. The molecule has 0 radical (unpaired) electrons. The topological polar surface area (TPSA) is 66.5 Å². The SMILES string of the molecule is CNCc1cc(S(=O)(=O)N2CCS(=O)CC2)cs1. The lowest BCUT2D eigenvalue weighted by atomic mass is 10.5. The molecule has 2 heterocycles. The minimum atomic E-state index is -3.40. The summed E-state index contributed by atoms with van der Waals surface area (Å²) >= 11 is 1.44. The Morgan fingerprint density at radius 2 is 2.11 bits per heavy atom. The zero-order valence-corrected chi connectivity index (χ0v) is 12.5. The summed E-state index contributed by atoms with van der Waals surface area (Å²) < 4.78 is 37.3. The quantitative estimate of drug-likeness (QED) is 0.864. The number of hydrogen-bond donors (Lipinski definition) is 1. The lowest BCUT2D eigenvalue weighted by Gasteiger charge is -2.24. The molecule has 0 amide bonds. The molecule has 1 aliphatic rings. The molecule has 1 saturated heterocycles. The van der Waals surface area contributed by atoms with Crippen LogP contribution in [0.5, 0.6) is 0 Å². The van der Waals surface area contributed by atoms with Gasteiger partial charge in [0.1, 0.15) is 0 Å². The van der Waals surface area contributed by atoms with Crippen LogP contribution in [0.2, 0.25) is 0 Å². The van der Waals surface area contributed by atoms with Crippen LogP contribution in [0.3, 0.4) is 0 Å². The van der Waals surface area contributed by atoms with Crippen LogP contribution in [0.1, 0.15) is 4.88 Å². The molecule has 0 bridgehead atoms. The van der Waals surface area contributed by atoms with Crippen LogP contribution >= 0.6 is 11.3 Å². The largest absolute Gasteiger partial charge is 0.315 e. The first-order valence-electron chi connectivity index (χ1n) is 5.61. The van der Waals surface area contributed by atoms with Gasteiger partial charge in [-0.05, 0) is 13.1 Å². The van der Waals surface area contributed by atoms with Crippen LogP contribution in [-0.4, -0.2) is 48.6 Å².